The molecular formula is C24H27N3O2S. The number of rotatable bonds is 6. The Kier molecular flexibility index (Phi) is 6.87. The zero-order chi connectivity index (χ0) is 20.8. The number of nitrogens with zero attached hydrogens (tertiary/aromatic N) is 3. The second kappa shape index (κ2) is 9.96. The van der Waals surface area contributed by atoms with E-state index in [1.807, 2.05) is 47.4 Å². The van der Waals surface area contributed by atoms with Crippen LogP contribution in [0.2, 0.25) is 0 Å². The third-order valence-electron chi connectivity index (χ3n) is 5.56. The normalized spacial score (nSPS) is 17.4. The van der Waals surface area contributed by atoms with Crippen molar-refractivity contribution in [3.63, 3.8) is 0 Å². The van der Waals surface area contributed by atoms with Gasteiger partial charge in [-0.1, -0.05) is 54.6 Å². The molecule has 5 nitrogen and oxygen atoms in total. The standard InChI is InChI=1S/C24H27N3O2S/c28-23(12-14-27-21-10-4-5-11-22(21)30-19-24(27)29)26-17-15-25(16-18-26)13-6-9-20-7-2-1-3-8-20/h1-11H,12-19H2. The largest absolute Gasteiger partial charge is 0.340 e. The quantitative estimate of drug-likeness (QED) is 0.717. The van der Waals surface area contributed by atoms with E-state index in [0.29, 0.717) is 18.7 Å². The Morgan fingerprint density at radius 3 is 2.50 bits per heavy atom. The van der Waals surface area contributed by atoms with Crippen molar-refractivity contribution in [3.05, 3.63) is 66.2 Å². The average Bonchev–Trinajstić information content (AvgIpc) is 2.79. The summed E-state index contributed by atoms with van der Waals surface area (Å²) in [6, 6.07) is 18.2. The highest BCUT2D eigenvalue weighted by Crippen LogP contribution is 2.34. The molecule has 0 bridgehead atoms. The van der Waals surface area contributed by atoms with Crippen LogP contribution in [0.4, 0.5) is 5.69 Å². The van der Waals surface area contributed by atoms with Gasteiger partial charge < -0.3 is 9.80 Å². The van der Waals surface area contributed by atoms with Crippen LogP contribution in [0, 0.1) is 0 Å². The van der Waals surface area contributed by atoms with E-state index in [2.05, 4.69) is 29.2 Å². The summed E-state index contributed by atoms with van der Waals surface area (Å²) >= 11 is 1.57. The van der Waals surface area contributed by atoms with Gasteiger partial charge in [0.1, 0.15) is 0 Å². The van der Waals surface area contributed by atoms with E-state index in [4.69, 9.17) is 0 Å². The molecule has 2 aromatic rings. The number of para-hydroxylation sites is 1. The monoisotopic (exact) mass is 421 g/mol. The highest BCUT2D eigenvalue weighted by Gasteiger charge is 2.26. The maximum atomic E-state index is 12.7. The molecule has 2 aliphatic heterocycles. The van der Waals surface area contributed by atoms with Crippen molar-refractivity contribution < 1.29 is 9.59 Å². The molecule has 0 radical (unpaired) electrons. The van der Waals surface area contributed by atoms with Gasteiger partial charge in [0.2, 0.25) is 11.8 Å². The Labute approximate surface area is 182 Å². The minimum absolute atomic E-state index is 0.0847. The van der Waals surface area contributed by atoms with Crippen molar-refractivity contribution >= 4 is 35.3 Å². The predicted molar refractivity (Wildman–Crippen MR) is 123 cm³/mol. The van der Waals surface area contributed by atoms with Crippen LogP contribution in [0.25, 0.3) is 6.08 Å². The molecule has 0 aromatic heterocycles. The Hall–Kier alpha value is -2.57. The Balaban J connectivity index is 1.23. The van der Waals surface area contributed by atoms with E-state index in [-0.39, 0.29) is 11.8 Å². The number of anilines is 1. The number of amides is 2. The molecule has 0 aliphatic carbocycles. The molecule has 0 spiro atoms. The van der Waals surface area contributed by atoms with Crippen molar-refractivity contribution in [2.24, 2.45) is 0 Å². The summed E-state index contributed by atoms with van der Waals surface area (Å²) in [5.74, 6) is 0.667. The van der Waals surface area contributed by atoms with Crippen LogP contribution in [0.5, 0.6) is 0 Å². The summed E-state index contributed by atoms with van der Waals surface area (Å²) in [7, 11) is 0. The molecule has 30 heavy (non-hydrogen) atoms. The molecule has 1 fully saturated rings. The fourth-order valence-electron chi connectivity index (χ4n) is 3.85. The highest BCUT2D eigenvalue weighted by molar-refractivity contribution is 8.00. The molecule has 2 amide bonds. The molecule has 1 saturated heterocycles. The zero-order valence-electron chi connectivity index (χ0n) is 17.1. The number of piperazine rings is 1. The smallest absolute Gasteiger partial charge is 0.237 e. The van der Waals surface area contributed by atoms with Gasteiger partial charge in [-0.2, -0.15) is 0 Å². The molecule has 0 saturated carbocycles. The molecule has 0 N–H and O–H groups in total. The van der Waals surface area contributed by atoms with Gasteiger partial charge in [0.25, 0.3) is 0 Å². The van der Waals surface area contributed by atoms with Crippen molar-refractivity contribution in [1.29, 1.82) is 0 Å². The van der Waals surface area contributed by atoms with E-state index < -0.39 is 0 Å². The topological polar surface area (TPSA) is 43.9 Å². The molecule has 2 aromatic carbocycles. The second-order valence-electron chi connectivity index (χ2n) is 7.55. The number of hydrogen-bond acceptors (Lipinski definition) is 4. The summed E-state index contributed by atoms with van der Waals surface area (Å²) in [6.45, 7) is 4.61. The van der Waals surface area contributed by atoms with Crippen LogP contribution in [0.1, 0.15) is 12.0 Å². The number of carbonyl (C=O) groups excluding carboxylic acids is 2. The number of fused-ring (bicyclic) bond motifs is 1. The van der Waals surface area contributed by atoms with Gasteiger partial charge in [-0.3, -0.25) is 14.5 Å². The van der Waals surface area contributed by atoms with Crippen molar-refractivity contribution in [3.8, 4) is 0 Å². The van der Waals surface area contributed by atoms with Crippen molar-refractivity contribution in [2.75, 3.05) is 49.9 Å². The Morgan fingerprint density at radius 1 is 0.967 bits per heavy atom. The van der Waals surface area contributed by atoms with Gasteiger partial charge in [-0.05, 0) is 17.7 Å². The van der Waals surface area contributed by atoms with Crippen LogP contribution in [0.3, 0.4) is 0 Å². The van der Waals surface area contributed by atoms with Gasteiger partial charge in [0, 0.05) is 50.6 Å². The van der Waals surface area contributed by atoms with Gasteiger partial charge in [-0.15, -0.1) is 11.8 Å². The van der Waals surface area contributed by atoms with Gasteiger partial charge in [0.15, 0.2) is 0 Å². The van der Waals surface area contributed by atoms with E-state index >= 15 is 0 Å². The molecule has 0 atom stereocenters. The first-order valence-corrected chi connectivity index (χ1v) is 11.4. The first kappa shape index (κ1) is 20.7. The molecule has 4 rings (SSSR count). The van der Waals surface area contributed by atoms with E-state index in [0.717, 1.165) is 43.3 Å². The van der Waals surface area contributed by atoms with E-state index in [9.17, 15) is 9.59 Å². The van der Waals surface area contributed by atoms with Crippen LogP contribution >= 0.6 is 11.8 Å². The zero-order valence-corrected chi connectivity index (χ0v) is 17.9. The SMILES string of the molecule is O=C(CCN1C(=O)CSc2ccccc21)N1CCN(CC=Cc2ccccc2)CC1. The summed E-state index contributed by atoms with van der Waals surface area (Å²) in [5.41, 5.74) is 2.14. The molecule has 6 heteroatoms. The number of thioether (sulfide) groups is 1. The lowest BCUT2D eigenvalue weighted by molar-refractivity contribution is -0.132. The number of hydrogen-bond donors (Lipinski definition) is 0. The third-order valence-corrected chi connectivity index (χ3v) is 6.60. The van der Waals surface area contributed by atoms with E-state index in [1.165, 1.54) is 5.56 Å². The maximum Gasteiger partial charge on any atom is 0.237 e. The summed E-state index contributed by atoms with van der Waals surface area (Å²) in [5, 5.41) is 0. The maximum absolute atomic E-state index is 12.7. The molecule has 156 valence electrons. The average molecular weight is 422 g/mol. The molecule has 0 unspecified atom stereocenters. The second-order valence-corrected chi connectivity index (χ2v) is 8.56. The number of benzene rings is 2. The highest BCUT2D eigenvalue weighted by atomic mass is 32.2. The minimum atomic E-state index is 0.0847. The van der Waals surface area contributed by atoms with Crippen LogP contribution in [-0.2, 0) is 9.59 Å². The lowest BCUT2D eigenvalue weighted by Crippen LogP contribution is -2.49. The number of carbonyl (C=O) groups is 2. The first-order chi connectivity index (χ1) is 14.7. The fraction of sp³-hybridized carbons (Fsp3) is 0.333. The third kappa shape index (κ3) is 5.12. The molecular weight excluding hydrogens is 394 g/mol. The summed E-state index contributed by atoms with van der Waals surface area (Å²) in [6.07, 6.45) is 4.70. The van der Waals surface area contributed by atoms with Gasteiger partial charge in [0.05, 0.1) is 11.4 Å². The lowest BCUT2D eigenvalue weighted by atomic mass is 10.2. The van der Waals surface area contributed by atoms with E-state index in [1.54, 1.807) is 16.7 Å². The molecule has 2 heterocycles. The van der Waals surface area contributed by atoms with Gasteiger partial charge >= 0.3 is 0 Å². The Bertz CT molecular complexity index is 908. The fourth-order valence-corrected chi connectivity index (χ4v) is 4.78. The first-order valence-electron chi connectivity index (χ1n) is 10.4. The van der Waals surface area contributed by atoms with Crippen LogP contribution in [0.15, 0.2) is 65.6 Å². The summed E-state index contributed by atoms with van der Waals surface area (Å²) in [4.78, 5) is 32.3. The lowest BCUT2D eigenvalue weighted by Gasteiger charge is -2.35. The minimum Gasteiger partial charge on any atom is -0.340 e. The Morgan fingerprint density at radius 2 is 1.70 bits per heavy atom. The molecule has 2 aliphatic rings. The van der Waals surface area contributed by atoms with Crippen molar-refractivity contribution in [1.82, 2.24) is 9.80 Å². The van der Waals surface area contributed by atoms with Crippen molar-refractivity contribution in [2.45, 2.75) is 11.3 Å². The predicted octanol–water partition coefficient (Wildman–Crippen LogP) is 3.37. The van der Waals surface area contributed by atoms with Gasteiger partial charge in [-0.25, -0.2) is 0 Å². The van der Waals surface area contributed by atoms with Crippen LogP contribution < -0.4 is 4.90 Å². The summed E-state index contributed by atoms with van der Waals surface area (Å²) < 4.78 is 0. The van der Waals surface area contributed by atoms with Crippen LogP contribution in [-0.4, -0.2) is 66.6 Å².